The third-order valence-electron chi connectivity index (χ3n) is 5.92. The number of furan rings is 1. The van der Waals surface area contributed by atoms with Gasteiger partial charge < -0.3 is 30.3 Å². The number of anilines is 3. The van der Waals surface area contributed by atoms with Gasteiger partial charge >= 0.3 is 0 Å². The minimum absolute atomic E-state index is 0.0311. The van der Waals surface area contributed by atoms with E-state index in [1.54, 1.807) is 42.5 Å². The number of fused-ring (bicyclic) bond motifs is 1. The number of aromatic nitrogens is 3. The Labute approximate surface area is 212 Å². The van der Waals surface area contributed by atoms with E-state index in [0.29, 0.717) is 42.0 Å². The van der Waals surface area contributed by atoms with Crippen LogP contribution in [0.4, 0.5) is 17.6 Å². The van der Waals surface area contributed by atoms with Crippen molar-refractivity contribution in [2.45, 2.75) is 32.5 Å². The number of ether oxygens (including phenoxy) is 2. The number of hydrogen-bond acceptors (Lipinski definition) is 9. The fourth-order valence-electron chi connectivity index (χ4n) is 4.07. The number of carbonyl (C=O) groups is 2. The number of nitrogens with zero attached hydrogens (tertiary/aromatic N) is 3. The summed E-state index contributed by atoms with van der Waals surface area (Å²) in [5.41, 5.74) is 8.55. The van der Waals surface area contributed by atoms with Gasteiger partial charge in [-0.05, 0) is 62.6 Å². The Morgan fingerprint density at radius 2 is 2.08 bits per heavy atom. The SMILES string of the molecule is Cc1cccc(C(=O)n2nc(Nc3ccc4oc(C(=O)NCCOC5CCCCO5)cc4c3)nc2N)c1. The Kier molecular flexibility index (Phi) is 7.15. The van der Waals surface area contributed by atoms with Gasteiger partial charge in [-0.2, -0.15) is 9.67 Å². The fourth-order valence-corrected chi connectivity index (χ4v) is 4.07. The van der Waals surface area contributed by atoms with Crippen LogP contribution in [0.5, 0.6) is 0 Å². The lowest BCUT2D eigenvalue weighted by Gasteiger charge is -2.22. The van der Waals surface area contributed by atoms with Crippen LogP contribution >= 0.6 is 0 Å². The van der Waals surface area contributed by atoms with E-state index in [2.05, 4.69) is 20.7 Å². The number of nitrogen functional groups attached to an aromatic ring is 1. The molecule has 11 nitrogen and oxygen atoms in total. The van der Waals surface area contributed by atoms with Crippen molar-refractivity contribution in [3.05, 3.63) is 65.4 Å². The maximum atomic E-state index is 12.8. The fraction of sp³-hybridized carbons (Fsp3) is 0.308. The molecule has 11 heteroatoms. The van der Waals surface area contributed by atoms with Crippen LogP contribution in [-0.4, -0.2) is 52.6 Å². The standard InChI is InChI=1S/C26H28N6O5/c1-16-5-4-6-17(13-16)24(34)32-25(27)30-26(31-32)29-19-8-9-20-18(14-19)15-21(37-20)23(33)28-10-12-36-22-7-2-3-11-35-22/h4-6,8-9,13-15,22H,2-3,7,10-12H2,1H3,(H,28,33)(H3,27,29,30,31). The number of benzene rings is 2. The topological polar surface area (TPSA) is 147 Å². The lowest BCUT2D eigenvalue weighted by Crippen LogP contribution is -2.30. The molecule has 1 unspecified atom stereocenters. The third-order valence-corrected chi connectivity index (χ3v) is 5.92. The molecule has 192 valence electrons. The van der Waals surface area contributed by atoms with Crippen LogP contribution in [0.3, 0.4) is 0 Å². The first kappa shape index (κ1) is 24.5. The van der Waals surface area contributed by atoms with Gasteiger partial charge in [-0.3, -0.25) is 9.59 Å². The summed E-state index contributed by atoms with van der Waals surface area (Å²) in [6.45, 7) is 3.32. The van der Waals surface area contributed by atoms with Gasteiger partial charge in [0, 0.05) is 29.8 Å². The number of carbonyl (C=O) groups excluding carboxylic acids is 2. The zero-order valence-corrected chi connectivity index (χ0v) is 20.4. The van der Waals surface area contributed by atoms with E-state index in [4.69, 9.17) is 19.6 Å². The van der Waals surface area contributed by atoms with Gasteiger partial charge in [-0.25, -0.2) is 0 Å². The van der Waals surface area contributed by atoms with Gasteiger partial charge in [-0.1, -0.05) is 17.7 Å². The number of nitrogens with two attached hydrogens (primary N) is 1. The van der Waals surface area contributed by atoms with Crippen molar-refractivity contribution in [1.82, 2.24) is 20.1 Å². The van der Waals surface area contributed by atoms with E-state index in [-0.39, 0.29) is 35.8 Å². The maximum absolute atomic E-state index is 12.8. The smallest absolute Gasteiger partial charge is 0.287 e. The molecule has 2 aromatic heterocycles. The summed E-state index contributed by atoms with van der Waals surface area (Å²) >= 11 is 0. The Hall–Kier alpha value is -4.22. The molecule has 0 saturated carbocycles. The molecule has 4 aromatic rings. The van der Waals surface area contributed by atoms with Crippen molar-refractivity contribution in [3.8, 4) is 0 Å². The third kappa shape index (κ3) is 5.79. The van der Waals surface area contributed by atoms with Crippen LogP contribution in [0.2, 0.25) is 0 Å². The van der Waals surface area contributed by atoms with Gasteiger partial charge in [0.15, 0.2) is 12.1 Å². The Morgan fingerprint density at radius 3 is 2.89 bits per heavy atom. The molecule has 1 saturated heterocycles. The summed E-state index contributed by atoms with van der Waals surface area (Å²) in [5, 5.41) is 10.8. The van der Waals surface area contributed by atoms with Crippen LogP contribution in [0.15, 0.2) is 52.9 Å². The second-order valence-corrected chi connectivity index (χ2v) is 8.79. The first-order valence-electron chi connectivity index (χ1n) is 12.1. The molecule has 0 spiro atoms. The largest absolute Gasteiger partial charge is 0.451 e. The van der Waals surface area contributed by atoms with E-state index in [0.717, 1.165) is 29.5 Å². The lowest BCUT2D eigenvalue weighted by atomic mass is 10.1. The zero-order chi connectivity index (χ0) is 25.8. The van der Waals surface area contributed by atoms with Crippen LogP contribution in [0.25, 0.3) is 11.0 Å². The molecular weight excluding hydrogens is 476 g/mol. The van der Waals surface area contributed by atoms with Crippen molar-refractivity contribution < 1.29 is 23.5 Å². The normalized spacial score (nSPS) is 15.5. The highest BCUT2D eigenvalue weighted by atomic mass is 16.7. The van der Waals surface area contributed by atoms with Gasteiger partial charge in [-0.15, -0.1) is 5.10 Å². The molecule has 3 heterocycles. The van der Waals surface area contributed by atoms with Gasteiger partial charge in [0.2, 0.25) is 11.9 Å². The van der Waals surface area contributed by atoms with Crippen molar-refractivity contribution in [2.24, 2.45) is 0 Å². The van der Waals surface area contributed by atoms with Gasteiger partial charge in [0.1, 0.15) is 5.58 Å². The Bertz CT molecular complexity index is 1420. The van der Waals surface area contributed by atoms with E-state index in [1.807, 2.05) is 13.0 Å². The van der Waals surface area contributed by atoms with Crippen LogP contribution in [-0.2, 0) is 9.47 Å². The highest BCUT2D eigenvalue weighted by Crippen LogP contribution is 2.25. The second-order valence-electron chi connectivity index (χ2n) is 8.79. The Morgan fingerprint density at radius 1 is 1.19 bits per heavy atom. The molecule has 37 heavy (non-hydrogen) atoms. The van der Waals surface area contributed by atoms with Crippen LogP contribution < -0.4 is 16.4 Å². The van der Waals surface area contributed by atoms with Crippen LogP contribution in [0.1, 0.15) is 45.7 Å². The molecule has 5 rings (SSSR count). The van der Waals surface area contributed by atoms with Crippen molar-refractivity contribution in [1.29, 1.82) is 0 Å². The average Bonchev–Trinajstić information content (AvgIpc) is 3.49. The summed E-state index contributed by atoms with van der Waals surface area (Å²) in [5.74, 6) is -0.379. The number of nitrogens with one attached hydrogen (secondary N) is 2. The van der Waals surface area contributed by atoms with Crippen molar-refractivity contribution >= 4 is 40.4 Å². The molecule has 1 fully saturated rings. The highest BCUT2D eigenvalue weighted by molar-refractivity contribution is 5.97. The zero-order valence-electron chi connectivity index (χ0n) is 20.4. The summed E-state index contributed by atoms with van der Waals surface area (Å²) in [6, 6.07) is 14.1. The quantitative estimate of drug-likeness (QED) is 0.306. The van der Waals surface area contributed by atoms with E-state index < -0.39 is 0 Å². The minimum Gasteiger partial charge on any atom is -0.451 e. The van der Waals surface area contributed by atoms with Gasteiger partial charge in [0.05, 0.1) is 6.61 Å². The summed E-state index contributed by atoms with van der Waals surface area (Å²) in [6.07, 6.45) is 2.82. The molecule has 0 radical (unpaired) electrons. The van der Waals surface area contributed by atoms with Crippen molar-refractivity contribution in [2.75, 3.05) is 30.8 Å². The molecule has 4 N–H and O–H groups in total. The molecule has 1 aliphatic heterocycles. The molecule has 0 aliphatic carbocycles. The monoisotopic (exact) mass is 504 g/mol. The average molecular weight is 505 g/mol. The number of aryl methyl sites for hydroxylation is 1. The van der Waals surface area contributed by atoms with Crippen LogP contribution in [0, 0.1) is 6.92 Å². The number of amides is 1. The maximum Gasteiger partial charge on any atom is 0.287 e. The van der Waals surface area contributed by atoms with Gasteiger partial charge in [0.25, 0.3) is 11.8 Å². The summed E-state index contributed by atoms with van der Waals surface area (Å²) in [4.78, 5) is 29.5. The predicted octanol–water partition coefficient (Wildman–Crippen LogP) is 3.62. The van der Waals surface area contributed by atoms with Crippen molar-refractivity contribution in [3.63, 3.8) is 0 Å². The van der Waals surface area contributed by atoms with E-state index in [9.17, 15) is 9.59 Å². The highest BCUT2D eigenvalue weighted by Gasteiger charge is 2.18. The van der Waals surface area contributed by atoms with E-state index >= 15 is 0 Å². The first-order valence-corrected chi connectivity index (χ1v) is 12.1. The minimum atomic E-state index is -0.376. The number of hydrogen-bond donors (Lipinski definition) is 3. The van der Waals surface area contributed by atoms with E-state index in [1.165, 1.54) is 0 Å². The molecule has 2 aromatic carbocycles. The predicted molar refractivity (Wildman–Crippen MR) is 137 cm³/mol. The second kappa shape index (κ2) is 10.8. The lowest BCUT2D eigenvalue weighted by molar-refractivity contribution is -0.161. The molecule has 1 amide bonds. The Balaban J connectivity index is 1.21. The first-order chi connectivity index (χ1) is 18.0. The molecule has 0 bridgehead atoms. The molecule has 1 aliphatic rings. The molecular formula is C26H28N6O5. The number of rotatable bonds is 8. The summed E-state index contributed by atoms with van der Waals surface area (Å²) < 4.78 is 17.9. The molecule has 1 atom stereocenters. The summed E-state index contributed by atoms with van der Waals surface area (Å²) in [7, 11) is 0.